The van der Waals surface area contributed by atoms with Crippen LogP contribution in [0.2, 0.25) is 0 Å². The SMILES string of the molecule is CC1CC(=O)N(CC2CC(C)(C)NC(C)(C)C2)C1=O. The van der Waals surface area contributed by atoms with Crippen LogP contribution in [0.5, 0.6) is 0 Å². The van der Waals surface area contributed by atoms with E-state index in [9.17, 15) is 9.59 Å². The Hall–Kier alpha value is -0.900. The lowest BCUT2D eigenvalue weighted by atomic mass is 9.76. The molecule has 2 fully saturated rings. The Labute approximate surface area is 115 Å². The van der Waals surface area contributed by atoms with Gasteiger partial charge in [0, 0.05) is 30.0 Å². The Kier molecular flexibility index (Phi) is 3.50. The lowest BCUT2D eigenvalue weighted by Gasteiger charge is -2.47. The van der Waals surface area contributed by atoms with E-state index in [-0.39, 0.29) is 28.8 Å². The average molecular weight is 266 g/mol. The zero-order chi connectivity index (χ0) is 14.4. The Bertz CT molecular complexity index is 385. The van der Waals surface area contributed by atoms with E-state index in [0.29, 0.717) is 18.9 Å². The van der Waals surface area contributed by atoms with Crippen LogP contribution in [0.4, 0.5) is 0 Å². The van der Waals surface area contributed by atoms with Crippen molar-refractivity contribution >= 4 is 11.8 Å². The second-order valence-electron chi connectivity index (χ2n) is 7.61. The minimum atomic E-state index is -0.129. The largest absolute Gasteiger partial charge is 0.307 e. The molecule has 2 amide bonds. The lowest BCUT2D eigenvalue weighted by molar-refractivity contribution is -0.140. The van der Waals surface area contributed by atoms with Crippen LogP contribution < -0.4 is 5.32 Å². The topological polar surface area (TPSA) is 49.4 Å². The van der Waals surface area contributed by atoms with E-state index in [1.807, 2.05) is 6.92 Å². The maximum Gasteiger partial charge on any atom is 0.232 e. The van der Waals surface area contributed by atoms with Crippen molar-refractivity contribution in [1.29, 1.82) is 0 Å². The number of nitrogens with one attached hydrogen (secondary N) is 1. The van der Waals surface area contributed by atoms with Gasteiger partial charge in [-0.1, -0.05) is 6.92 Å². The smallest absolute Gasteiger partial charge is 0.232 e. The zero-order valence-corrected chi connectivity index (χ0v) is 12.7. The van der Waals surface area contributed by atoms with Crippen LogP contribution in [-0.4, -0.2) is 34.3 Å². The van der Waals surface area contributed by atoms with Crippen molar-refractivity contribution in [3.8, 4) is 0 Å². The molecule has 2 aliphatic rings. The van der Waals surface area contributed by atoms with E-state index < -0.39 is 0 Å². The summed E-state index contributed by atoms with van der Waals surface area (Å²) in [4.78, 5) is 25.4. The van der Waals surface area contributed by atoms with E-state index in [0.717, 1.165) is 12.8 Å². The molecule has 0 bridgehead atoms. The molecule has 0 radical (unpaired) electrons. The average Bonchev–Trinajstić information content (AvgIpc) is 2.40. The van der Waals surface area contributed by atoms with E-state index in [1.165, 1.54) is 4.90 Å². The van der Waals surface area contributed by atoms with Gasteiger partial charge >= 0.3 is 0 Å². The van der Waals surface area contributed by atoms with Gasteiger partial charge in [-0.05, 0) is 46.5 Å². The van der Waals surface area contributed by atoms with Gasteiger partial charge in [0.15, 0.2) is 0 Å². The van der Waals surface area contributed by atoms with E-state index >= 15 is 0 Å². The molecule has 1 unspecified atom stereocenters. The molecular weight excluding hydrogens is 240 g/mol. The number of piperidine rings is 1. The number of imide groups is 1. The van der Waals surface area contributed by atoms with Crippen molar-refractivity contribution in [3.63, 3.8) is 0 Å². The molecule has 0 saturated carbocycles. The third-order valence-corrected chi connectivity index (χ3v) is 4.18. The van der Waals surface area contributed by atoms with Gasteiger partial charge in [0.05, 0.1) is 0 Å². The minimum absolute atomic E-state index is 0.00615. The van der Waals surface area contributed by atoms with Gasteiger partial charge in [0.2, 0.25) is 11.8 Å². The number of carbonyl (C=O) groups is 2. The molecule has 2 rings (SSSR count). The van der Waals surface area contributed by atoms with Gasteiger partial charge < -0.3 is 5.32 Å². The van der Waals surface area contributed by atoms with Crippen LogP contribution in [0.3, 0.4) is 0 Å². The summed E-state index contributed by atoms with van der Waals surface area (Å²) in [6.07, 6.45) is 2.39. The molecular formula is C15H26N2O2. The fourth-order valence-corrected chi connectivity index (χ4v) is 3.96. The number of hydrogen-bond acceptors (Lipinski definition) is 3. The highest BCUT2D eigenvalue weighted by atomic mass is 16.2. The monoisotopic (exact) mass is 266 g/mol. The summed E-state index contributed by atoms with van der Waals surface area (Å²) in [5.41, 5.74) is 0.119. The Morgan fingerprint density at radius 2 is 1.68 bits per heavy atom. The van der Waals surface area contributed by atoms with Gasteiger partial charge in [-0.25, -0.2) is 0 Å². The van der Waals surface area contributed by atoms with Crippen LogP contribution in [0.1, 0.15) is 53.9 Å². The predicted octanol–water partition coefficient (Wildman–Crippen LogP) is 1.94. The molecule has 2 saturated heterocycles. The van der Waals surface area contributed by atoms with Crippen LogP contribution >= 0.6 is 0 Å². The number of carbonyl (C=O) groups excluding carboxylic acids is 2. The van der Waals surface area contributed by atoms with E-state index in [2.05, 4.69) is 33.0 Å². The molecule has 0 aromatic heterocycles. The first-order valence-corrected chi connectivity index (χ1v) is 7.23. The fraction of sp³-hybridized carbons (Fsp3) is 0.867. The molecule has 1 N–H and O–H groups in total. The first-order valence-electron chi connectivity index (χ1n) is 7.23. The molecule has 0 aliphatic carbocycles. The number of rotatable bonds is 2. The van der Waals surface area contributed by atoms with Crippen molar-refractivity contribution in [2.24, 2.45) is 11.8 Å². The Morgan fingerprint density at radius 1 is 1.16 bits per heavy atom. The third-order valence-electron chi connectivity index (χ3n) is 4.18. The van der Waals surface area contributed by atoms with Crippen molar-refractivity contribution < 1.29 is 9.59 Å². The molecule has 0 spiro atoms. The minimum Gasteiger partial charge on any atom is -0.307 e. The molecule has 0 aromatic rings. The van der Waals surface area contributed by atoms with E-state index in [1.54, 1.807) is 0 Å². The maximum atomic E-state index is 12.0. The molecule has 0 aromatic carbocycles. The van der Waals surface area contributed by atoms with Gasteiger partial charge in [-0.15, -0.1) is 0 Å². The van der Waals surface area contributed by atoms with Gasteiger partial charge in [-0.2, -0.15) is 0 Å². The number of amides is 2. The van der Waals surface area contributed by atoms with Crippen LogP contribution in [0, 0.1) is 11.8 Å². The molecule has 1 atom stereocenters. The molecule has 2 heterocycles. The highest BCUT2D eigenvalue weighted by Crippen LogP contribution is 2.34. The summed E-state index contributed by atoms with van der Waals surface area (Å²) in [6, 6.07) is 0. The first kappa shape index (κ1) is 14.5. The molecule has 2 aliphatic heterocycles. The number of nitrogens with zero attached hydrogens (tertiary/aromatic N) is 1. The van der Waals surface area contributed by atoms with Gasteiger partial charge in [0.25, 0.3) is 0 Å². The summed E-state index contributed by atoms with van der Waals surface area (Å²) >= 11 is 0. The van der Waals surface area contributed by atoms with E-state index in [4.69, 9.17) is 0 Å². The van der Waals surface area contributed by atoms with Crippen molar-refractivity contribution in [3.05, 3.63) is 0 Å². The van der Waals surface area contributed by atoms with Crippen LogP contribution in [0.25, 0.3) is 0 Å². The second kappa shape index (κ2) is 4.58. The second-order valence-corrected chi connectivity index (χ2v) is 7.61. The summed E-state index contributed by atoms with van der Waals surface area (Å²) in [6.45, 7) is 11.2. The van der Waals surface area contributed by atoms with Crippen LogP contribution in [0.15, 0.2) is 0 Å². The summed E-state index contributed by atoms with van der Waals surface area (Å²) in [7, 11) is 0. The Morgan fingerprint density at radius 3 is 2.11 bits per heavy atom. The first-order chi connectivity index (χ1) is 8.60. The quantitative estimate of drug-likeness (QED) is 0.777. The Balaban J connectivity index is 2.07. The lowest BCUT2D eigenvalue weighted by Crippen LogP contribution is -2.59. The van der Waals surface area contributed by atoms with Crippen molar-refractivity contribution in [1.82, 2.24) is 10.2 Å². The molecule has 4 heteroatoms. The maximum absolute atomic E-state index is 12.0. The normalized spacial score (nSPS) is 31.0. The van der Waals surface area contributed by atoms with Crippen molar-refractivity contribution in [2.75, 3.05) is 6.54 Å². The molecule has 4 nitrogen and oxygen atoms in total. The van der Waals surface area contributed by atoms with Crippen molar-refractivity contribution in [2.45, 2.75) is 65.0 Å². The number of likely N-dealkylation sites (tertiary alicyclic amines) is 1. The standard InChI is InChI=1S/C15H26N2O2/c1-10-6-12(18)17(13(10)19)9-11-7-14(2,3)16-15(4,5)8-11/h10-11,16H,6-9H2,1-5H3. The summed E-state index contributed by atoms with van der Waals surface area (Å²) in [5.74, 6) is 0.283. The van der Waals surface area contributed by atoms with Crippen LogP contribution in [-0.2, 0) is 9.59 Å². The number of hydrogen-bond donors (Lipinski definition) is 1. The van der Waals surface area contributed by atoms with Gasteiger partial charge in [0.1, 0.15) is 0 Å². The predicted molar refractivity (Wildman–Crippen MR) is 74.5 cm³/mol. The van der Waals surface area contributed by atoms with Gasteiger partial charge in [-0.3, -0.25) is 14.5 Å². The molecule has 19 heavy (non-hydrogen) atoms. The highest BCUT2D eigenvalue weighted by molar-refractivity contribution is 6.03. The third kappa shape index (κ3) is 3.16. The summed E-state index contributed by atoms with van der Waals surface area (Å²) < 4.78 is 0. The highest BCUT2D eigenvalue weighted by Gasteiger charge is 2.42. The summed E-state index contributed by atoms with van der Waals surface area (Å²) in [5, 5.41) is 3.63. The molecule has 108 valence electrons. The zero-order valence-electron chi connectivity index (χ0n) is 12.7. The fourth-order valence-electron chi connectivity index (χ4n) is 3.96.